The molecular formula is C9H14N4O4. The SMILES string of the molecule is CCn1c(=O)c(N=O)c(N)n(C[C@H](C)O)c1=O. The van der Waals surface area contributed by atoms with Crippen LogP contribution in [0, 0.1) is 4.91 Å². The van der Waals surface area contributed by atoms with E-state index in [1.54, 1.807) is 6.92 Å². The summed E-state index contributed by atoms with van der Waals surface area (Å²) < 4.78 is 1.81. The van der Waals surface area contributed by atoms with Crippen LogP contribution in [0.15, 0.2) is 14.8 Å². The van der Waals surface area contributed by atoms with E-state index in [1.165, 1.54) is 6.92 Å². The third kappa shape index (κ3) is 2.26. The van der Waals surface area contributed by atoms with Gasteiger partial charge in [0.1, 0.15) is 5.82 Å². The number of nitrogens with two attached hydrogens (primary N) is 1. The van der Waals surface area contributed by atoms with E-state index >= 15 is 0 Å². The first kappa shape index (κ1) is 13.1. The summed E-state index contributed by atoms with van der Waals surface area (Å²) in [6, 6.07) is 0. The Hall–Kier alpha value is -1.96. The Morgan fingerprint density at radius 3 is 2.41 bits per heavy atom. The van der Waals surface area contributed by atoms with Crippen LogP contribution in [0.3, 0.4) is 0 Å². The maximum Gasteiger partial charge on any atom is 0.332 e. The van der Waals surface area contributed by atoms with Crippen LogP contribution in [0.25, 0.3) is 0 Å². The van der Waals surface area contributed by atoms with E-state index in [9.17, 15) is 19.6 Å². The third-order valence-corrected chi connectivity index (χ3v) is 2.30. The molecule has 0 aliphatic heterocycles. The monoisotopic (exact) mass is 242 g/mol. The van der Waals surface area contributed by atoms with Gasteiger partial charge in [-0.25, -0.2) is 4.79 Å². The van der Waals surface area contributed by atoms with Crippen molar-refractivity contribution >= 4 is 11.5 Å². The number of aliphatic hydroxyl groups is 1. The molecule has 0 spiro atoms. The Morgan fingerprint density at radius 1 is 1.41 bits per heavy atom. The van der Waals surface area contributed by atoms with Crippen molar-refractivity contribution in [2.75, 3.05) is 5.73 Å². The molecule has 0 aliphatic rings. The van der Waals surface area contributed by atoms with Gasteiger partial charge in [-0.15, -0.1) is 4.91 Å². The number of nitroso groups, excluding NO2 is 1. The van der Waals surface area contributed by atoms with Gasteiger partial charge in [-0.05, 0) is 19.0 Å². The highest BCUT2D eigenvalue weighted by atomic mass is 16.3. The summed E-state index contributed by atoms with van der Waals surface area (Å²) in [7, 11) is 0. The summed E-state index contributed by atoms with van der Waals surface area (Å²) in [5.41, 5.74) is 3.53. The summed E-state index contributed by atoms with van der Waals surface area (Å²) in [6.45, 7) is 3.04. The van der Waals surface area contributed by atoms with E-state index in [0.29, 0.717) is 0 Å². The first-order chi connectivity index (χ1) is 7.93. The number of hydrogen-bond donors (Lipinski definition) is 2. The van der Waals surface area contributed by atoms with E-state index in [-0.39, 0.29) is 18.9 Å². The van der Waals surface area contributed by atoms with Crippen LogP contribution in [-0.2, 0) is 13.1 Å². The number of aliphatic hydroxyl groups excluding tert-OH is 1. The zero-order valence-corrected chi connectivity index (χ0v) is 9.58. The topological polar surface area (TPSA) is 120 Å². The van der Waals surface area contributed by atoms with E-state index < -0.39 is 23.0 Å². The Bertz CT molecular complexity index is 543. The smallest absolute Gasteiger partial charge is 0.332 e. The molecule has 0 fully saturated rings. The Morgan fingerprint density at radius 2 is 2.00 bits per heavy atom. The van der Waals surface area contributed by atoms with Crippen molar-refractivity contribution in [3.63, 3.8) is 0 Å². The molecule has 1 atom stereocenters. The molecule has 94 valence electrons. The number of rotatable bonds is 4. The molecule has 1 rings (SSSR count). The molecule has 3 N–H and O–H groups in total. The summed E-state index contributed by atoms with van der Waals surface area (Å²) in [4.78, 5) is 34.0. The van der Waals surface area contributed by atoms with Crippen LogP contribution >= 0.6 is 0 Å². The Kier molecular flexibility index (Phi) is 3.79. The minimum atomic E-state index is -0.836. The van der Waals surface area contributed by atoms with Crippen LogP contribution in [0.4, 0.5) is 11.5 Å². The highest BCUT2D eigenvalue weighted by Crippen LogP contribution is 2.14. The van der Waals surface area contributed by atoms with Crippen LogP contribution in [0.5, 0.6) is 0 Å². The molecule has 0 bridgehead atoms. The van der Waals surface area contributed by atoms with Crippen LogP contribution < -0.4 is 17.0 Å². The standard InChI is InChI=1S/C9H14N4O4/c1-3-12-8(15)6(11-17)7(10)13(9(12)16)4-5(2)14/h5,14H,3-4,10H2,1-2H3/t5-/m0/s1. The third-order valence-electron chi connectivity index (χ3n) is 2.30. The van der Waals surface area contributed by atoms with Gasteiger partial charge < -0.3 is 10.8 Å². The number of anilines is 1. The second-order valence-corrected chi connectivity index (χ2v) is 3.62. The van der Waals surface area contributed by atoms with Crippen molar-refractivity contribution in [2.45, 2.75) is 33.0 Å². The van der Waals surface area contributed by atoms with Crippen LogP contribution in [0.2, 0.25) is 0 Å². The molecule has 17 heavy (non-hydrogen) atoms. The van der Waals surface area contributed by atoms with Crippen molar-refractivity contribution in [2.24, 2.45) is 5.18 Å². The fraction of sp³-hybridized carbons (Fsp3) is 0.556. The first-order valence-corrected chi connectivity index (χ1v) is 5.08. The summed E-state index contributed by atoms with van der Waals surface area (Å²) >= 11 is 0. The molecule has 1 heterocycles. The lowest BCUT2D eigenvalue weighted by molar-refractivity contribution is 0.171. The molecule has 0 saturated carbocycles. The number of aromatic nitrogens is 2. The van der Waals surface area contributed by atoms with Crippen molar-refractivity contribution < 1.29 is 5.11 Å². The van der Waals surface area contributed by atoms with Crippen molar-refractivity contribution in [1.29, 1.82) is 0 Å². The second-order valence-electron chi connectivity index (χ2n) is 3.62. The van der Waals surface area contributed by atoms with Gasteiger partial charge >= 0.3 is 5.69 Å². The zero-order valence-electron chi connectivity index (χ0n) is 9.58. The fourth-order valence-electron chi connectivity index (χ4n) is 1.51. The molecule has 0 saturated heterocycles. The average molecular weight is 242 g/mol. The molecule has 1 aromatic heterocycles. The summed E-state index contributed by atoms with van der Waals surface area (Å²) in [6.07, 6.45) is -0.836. The van der Waals surface area contributed by atoms with E-state index in [4.69, 9.17) is 5.73 Å². The maximum absolute atomic E-state index is 11.8. The van der Waals surface area contributed by atoms with Crippen LogP contribution in [0.1, 0.15) is 13.8 Å². The van der Waals surface area contributed by atoms with Gasteiger partial charge in [0.2, 0.25) is 5.69 Å². The van der Waals surface area contributed by atoms with E-state index in [1.807, 2.05) is 0 Å². The Labute approximate surface area is 96.3 Å². The minimum Gasteiger partial charge on any atom is -0.392 e. The molecule has 0 amide bonds. The molecule has 8 nitrogen and oxygen atoms in total. The van der Waals surface area contributed by atoms with E-state index in [0.717, 1.165) is 9.13 Å². The molecule has 0 aliphatic carbocycles. The first-order valence-electron chi connectivity index (χ1n) is 5.08. The number of nitrogens with zero attached hydrogens (tertiary/aromatic N) is 3. The lowest BCUT2D eigenvalue weighted by atomic mass is 10.3. The Balaban J connectivity index is 3.66. The molecule has 1 aromatic rings. The fourth-order valence-corrected chi connectivity index (χ4v) is 1.51. The number of nitrogen functional groups attached to an aromatic ring is 1. The summed E-state index contributed by atoms with van der Waals surface area (Å²) in [5, 5.41) is 11.8. The van der Waals surface area contributed by atoms with Gasteiger partial charge in [0.15, 0.2) is 0 Å². The van der Waals surface area contributed by atoms with Crippen molar-refractivity contribution in [1.82, 2.24) is 9.13 Å². The minimum absolute atomic E-state index is 0.0975. The lowest BCUT2D eigenvalue weighted by Crippen LogP contribution is -2.41. The zero-order chi connectivity index (χ0) is 13.2. The predicted octanol–water partition coefficient (Wildman–Crippen LogP) is -0.609. The van der Waals surface area contributed by atoms with Crippen molar-refractivity contribution in [3.05, 3.63) is 25.7 Å². The highest BCUT2D eigenvalue weighted by Gasteiger charge is 2.17. The van der Waals surface area contributed by atoms with Crippen molar-refractivity contribution in [3.8, 4) is 0 Å². The van der Waals surface area contributed by atoms with Gasteiger partial charge in [0.05, 0.1) is 12.6 Å². The highest BCUT2D eigenvalue weighted by molar-refractivity contribution is 5.55. The summed E-state index contributed by atoms with van der Waals surface area (Å²) in [5.74, 6) is -0.319. The lowest BCUT2D eigenvalue weighted by Gasteiger charge is -2.14. The van der Waals surface area contributed by atoms with Gasteiger partial charge in [0.25, 0.3) is 5.56 Å². The maximum atomic E-state index is 11.8. The second kappa shape index (κ2) is 4.91. The average Bonchev–Trinajstić information content (AvgIpc) is 2.25. The van der Waals surface area contributed by atoms with E-state index in [2.05, 4.69) is 5.18 Å². The van der Waals surface area contributed by atoms with Gasteiger partial charge in [-0.1, -0.05) is 0 Å². The van der Waals surface area contributed by atoms with Gasteiger partial charge in [0, 0.05) is 6.54 Å². The molecular weight excluding hydrogens is 228 g/mol. The molecule has 0 aromatic carbocycles. The largest absolute Gasteiger partial charge is 0.392 e. The number of hydrogen-bond acceptors (Lipinski definition) is 6. The van der Waals surface area contributed by atoms with Crippen LogP contribution in [-0.4, -0.2) is 20.3 Å². The van der Waals surface area contributed by atoms with Gasteiger partial charge in [-0.2, -0.15) is 0 Å². The molecule has 0 radical (unpaired) electrons. The quantitative estimate of drug-likeness (QED) is 0.682. The molecule has 0 unspecified atom stereocenters. The molecule has 8 heteroatoms. The van der Waals surface area contributed by atoms with Gasteiger partial charge in [-0.3, -0.25) is 13.9 Å². The normalized spacial score (nSPS) is 12.4. The predicted molar refractivity (Wildman–Crippen MR) is 62.2 cm³/mol.